The molecule has 0 spiro atoms. The topological polar surface area (TPSA) is 63.8 Å². The molecule has 0 bridgehead atoms. The smallest absolute Gasteiger partial charge is 0.221 e. The van der Waals surface area contributed by atoms with Gasteiger partial charge in [0.25, 0.3) is 0 Å². The Balaban J connectivity index is 2.82. The lowest BCUT2D eigenvalue weighted by Gasteiger charge is -2.32. The van der Waals surface area contributed by atoms with Crippen molar-refractivity contribution in [2.45, 2.75) is 45.6 Å². The van der Waals surface area contributed by atoms with Gasteiger partial charge in [-0.05, 0) is 25.3 Å². The van der Waals surface area contributed by atoms with Crippen LogP contribution in [0.1, 0.15) is 40.0 Å². The van der Waals surface area contributed by atoms with E-state index in [0.29, 0.717) is 5.95 Å². The number of hydrogen-bond donors (Lipinski definition) is 2. The Hall–Kier alpha value is -1.32. The Kier molecular flexibility index (Phi) is 3.88. The molecule has 0 unspecified atom stereocenters. The van der Waals surface area contributed by atoms with E-state index in [4.69, 9.17) is 5.73 Å². The highest BCUT2D eigenvalue weighted by molar-refractivity contribution is 5.40. The fraction of sp³-hybridized carbons (Fsp3) is 0.636. The van der Waals surface area contributed by atoms with Crippen LogP contribution in [0.15, 0.2) is 12.3 Å². The van der Waals surface area contributed by atoms with Crippen LogP contribution in [0.3, 0.4) is 0 Å². The van der Waals surface area contributed by atoms with Crippen LogP contribution in [0.4, 0.5) is 11.8 Å². The zero-order valence-electron chi connectivity index (χ0n) is 9.75. The van der Waals surface area contributed by atoms with Crippen LogP contribution < -0.4 is 11.1 Å². The third-order valence-electron chi connectivity index (χ3n) is 3.10. The summed E-state index contributed by atoms with van der Waals surface area (Å²) in [7, 11) is 0. The third kappa shape index (κ3) is 2.81. The van der Waals surface area contributed by atoms with Gasteiger partial charge in [-0.1, -0.05) is 20.8 Å². The lowest BCUT2D eigenvalue weighted by Crippen LogP contribution is -2.36. The minimum Gasteiger partial charge on any atom is -0.368 e. The number of hydrogen-bond acceptors (Lipinski definition) is 4. The lowest BCUT2D eigenvalue weighted by molar-refractivity contribution is 0.419. The minimum atomic E-state index is 0.126. The van der Waals surface area contributed by atoms with Gasteiger partial charge in [0.1, 0.15) is 5.82 Å². The Morgan fingerprint density at radius 2 is 1.87 bits per heavy atom. The summed E-state index contributed by atoms with van der Waals surface area (Å²) >= 11 is 0. The molecule has 15 heavy (non-hydrogen) atoms. The van der Waals surface area contributed by atoms with Gasteiger partial charge in [-0.2, -0.15) is 4.98 Å². The molecule has 4 heteroatoms. The number of nitrogen functional groups attached to an aromatic ring is 1. The van der Waals surface area contributed by atoms with Gasteiger partial charge in [-0.3, -0.25) is 0 Å². The average molecular weight is 208 g/mol. The Labute approximate surface area is 91.3 Å². The number of aromatic nitrogens is 2. The van der Waals surface area contributed by atoms with Crippen LogP contribution in [-0.4, -0.2) is 15.5 Å². The molecule has 0 aliphatic heterocycles. The summed E-state index contributed by atoms with van der Waals surface area (Å²) in [6.07, 6.45) is 4.90. The van der Waals surface area contributed by atoms with Crippen LogP contribution in [0.2, 0.25) is 0 Å². The summed E-state index contributed by atoms with van der Waals surface area (Å²) in [6.45, 7) is 6.56. The van der Waals surface area contributed by atoms with E-state index in [1.807, 2.05) is 6.07 Å². The molecule has 0 fully saturated rings. The fourth-order valence-electron chi connectivity index (χ4n) is 1.73. The first kappa shape index (κ1) is 11.8. The third-order valence-corrected chi connectivity index (χ3v) is 3.10. The van der Waals surface area contributed by atoms with Gasteiger partial charge in [-0.15, -0.1) is 0 Å². The average Bonchev–Trinajstić information content (AvgIpc) is 2.26. The molecule has 0 saturated carbocycles. The number of anilines is 2. The second-order valence-corrected chi connectivity index (χ2v) is 3.77. The van der Waals surface area contributed by atoms with Gasteiger partial charge >= 0.3 is 0 Å². The second-order valence-electron chi connectivity index (χ2n) is 3.77. The summed E-state index contributed by atoms with van der Waals surface area (Å²) in [5, 5.41) is 3.45. The van der Waals surface area contributed by atoms with E-state index in [0.717, 1.165) is 25.1 Å². The SMILES string of the molecule is CCC(CC)(CC)Nc1ccnc(N)n1. The van der Waals surface area contributed by atoms with Crippen molar-refractivity contribution in [1.29, 1.82) is 0 Å². The number of nitrogens with one attached hydrogen (secondary N) is 1. The number of nitrogens with zero attached hydrogens (tertiary/aromatic N) is 2. The van der Waals surface area contributed by atoms with E-state index in [1.165, 1.54) is 0 Å². The van der Waals surface area contributed by atoms with Crippen molar-refractivity contribution in [2.24, 2.45) is 0 Å². The monoisotopic (exact) mass is 208 g/mol. The molecule has 1 heterocycles. The van der Waals surface area contributed by atoms with Gasteiger partial charge < -0.3 is 11.1 Å². The maximum absolute atomic E-state index is 5.54. The molecule has 0 atom stereocenters. The van der Waals surface area contributed by atoms with Crippen LogP contribution in [0.5, 0.6) is 0 Å². The van der Waals surface area contributed by atoms with Crippen LogP contribution >= 0.6 is 0 Å². The molecule has 0 aliphatic carbocycles. The molecule has 0 radical (unpaired) electrons. The molecule has 3 N–H and O–H groups in total. The molecule has 0 aromatic carbocycles. The second kappa shape index (κ2) is 4.96. The summed E-state index contributed by atoms with van der Waals surface area (Å²) in [5.41, 5.74) is 5.67. The van der Waals surface area contributed by atoms with Crippen molar-refractivity contribution in [1.82, 2.24) is 9.97 Å². The van der Waals surface area contributed by atoms with Gasteiger partial charge in [0.2, 0.25) is 5.95 Å². The molecule has 1 aromatic heterocycles. The maximum atomic E-state index is 5.54. The Bertz CT molecular complexity index is 299. The predicted molar refractivity (Wildman–Crippen MR) is 63.7 cm³/mol. The molecule has 1 aromatic rings. The van der Waals surface area contributed by atoms with Gasteiger partial charge in [-0.25, -0.2) is 4.98 Å². The molecule has 1 rings (SSSR count). The largest absolute Gasteiger partial charge is 0.368 e. The quantitative estimate of drug-likeness (QED) is 0.780. The van der Waals surface area contributed by atoms with E-state index in [2.05, 4.69) is 36.1 Å². The zero-order chi connectivity index (χ0) is 11.3. The molecule has 84 valence electrons. The van der Waals surface area contributed by atoms with E-state index >= 15 is 0 Å². The molecule has 0 amide bonds. The summed E-state index contributed by atoms with van der Waals surface area (Å²) in [6, 6.07) is 1.85. The van der Waals surface area contributed by atoms with Crippen LogP contribution in [-0.2, 0) is 0 Å². The Morgan fingerprint density at radius 3 is 2.33 bits per heavy atom. The first-order chi connectivity index (χ1) is 7.15. The van der Waals surface area contributed by atoms with Crippen molar-refractivity contribution in [2.75, 3.05) is 11.1 Å². The minimum absolute atomic E-state index is 0.126. The predicted octanol–water partition coefficient (Wildman–Crippen LogP) is 2.44. The molecular formula is C11H20N4. The van der Waals surface area contributed by atoms with E-state index in [-0.39, 0.29) is 5.54 Å². The maximum Gasteiger partial charge on any atom is 0.221 e. The highest BCUT2D eigenvalue weighted by Gasteiger charge is 2.23. The lowest BCUT2D eigenvalue weighted by atomic mass is 9.90. The fourth-order valence-corrected chi connectivity index (χ4v) is 1.73. The zero-order valence-corrected chi connectivity index (χ0v) is 9.75. The summed E-state index contributed by atoms with van der Waals surface area (Å²) < 4.78 is 0. The van der Waals surface area contributed by atoms with Crippen LogP contribution in [0.25, 0.3) is 0 Å². The van der Waals surface area contributed by atoms with Crippen molar-refractivity contribution < 1.29 is 0 Å². The molecular weight excluding hydrogens is 188 g/mol. The number of nitrogens with two attached hydrogens (primary N) is 1. The number of rotatable bonds is 5. The van der Waals surface area contributed by atoms with Gasteiger partial charge in [0, 0.05) is 11.7 Å². The Morgan fingerprint density at radius 1 is 1.27 bits per heavy atom. The summed E-state index contributed by atoms with van der Waals surface area (Å²) in [4.78, 5) is 8.03. The molecule has 4 nitrogen and oxygen atoms in total. The first-order valence-electron chi connectivity index (χ1n) is 5.52. The van der Waals surface area contributed by atoms with E-state index < -0.39 is 0 Å². The molecule has 0 saturated heterocycles. The highest BCUT2D eigenvalue weighted by Crippen LogP contribution is 2.24. The summed E-state index contributed by atoms with van der Waals surface area (Å²) in [5.74, 6) is 1.13. The molecule has 0 aliphatic rings. The van der Waals surface area contributed by atoms with E-state index in [9.17, 15) is 0 Å². The van der Waals surface area contributed by atoms with Crippen molar-refractivity contribution in [3.05, 3.63) is 12.3 Å². The van der Waals surface area contributed by atoms with Crippen LogP contribution in [0, 0.1) is 0 Å². The highest BCUT2D eigenvalue weighted by atomic mass is 15.1. The standard InChI is InChI=1S/C11H20N4/c1-4-11(5-2,6-3)15-9-7-8-13-10(12)14-9/h7-8H,4-6H2,1-3H3,(H3,12,13,14,15). The van der Waals surface area contributed by atoms with Gasteiger partial charge in [0.05, 0.1) is 0 Å². The normalized spacial score (nSPS) is 11.4. The van der Waals surface area contributed by atoms with E-state index in [1.54, 1.807) is 6.20 Å². The van der Waals surface area contributed by atoms with Crippen molar-refractivity contribution in [3.63, 3.8) is 0 Å². The van der Waals surface area contributed by atoms with Crippen molar-refractivity contribution in [3.8, 4) is 0 Å². The van der Waals surface area contributed by atoms with Crippen molar-refractivity contribution >= 4 is 11.8 Å². The van der Waals surface area contributed by atoms with Gasteiger partial charge in [0.15, 0.2) is 0 Å². The first-order valence-corrected chi connectivity index (χ1v) is 5.52.